The van der Waals surface area contributed by atoms with E-state index in [-0.39, 0.29) is 0 Å². The van der Waals surface area contributed by atoms with Crippen LogP contribution in [0.2, 0.25) is 0 Å². The molecular weight excluding hydrogens is 308 g/mol. The maximum Gasteiger partial charge on any atom is 0.128 e. The smallest absolute Gasteiger partial charge is 0.128 e. The highest BCUT2D eigenvalue weighted by molar-refractivity contribution is 6.15. The summed E-state index contributed by atoms with van der Waals surface area (Å²) in [6, 6.07) is 26.4. The first-order valence-electron chi connectivity index (χ1n) is 8.24. The second-order valence-corrected chi connectivity index (χ2v) is 5.94. The third kappa shape index (κ3) is 3.89. The lowest BCUT2D eigenvalue weighted by atomic mass is 10.0. The molecule has 0 aromatic heterocycles. The van der Waals surface area contributed by atoms with E-state index in [2.05, 4.69) is 29.2 Å². The molecule has 126 valence electrons. The normalized spacial score (nSPS) is 11.2. The minimum atomic E-state index is 0.815. The summed E-state index contributed by atoms with van der Waals surface area (Å²) >= 11 is 0. The van der Waals surface area contributed by atoms with Gasteiger partial charge < -0.3 is 9.64 Å². The highest BCUT2D eigenvalue weighted by atomic mass is 16.5. The summed E-state index contributed by atoms with van der Waals surface area (Å²) in [5.74, 6) is 0.815. The van der Waals surface area contributed by atoms with E-state index in [1.54, 1.807) is 7.11 Å². The number of hydrogen-bond acceptors (Lipinski definition) is 3. The minimum Gasteiger partial charge on any atom is -0.496 e. The highest BCUT2D eigenvalue weighted by Crippen LogP contribution is 2.26. The SMILES string of the molecule is COc1ccccc1C(=Nc1ccc(N(C)C)cc1)c1ccccc1. The lowest BCUT2D eigenvalue weighted by Crippen LogP contribution is -2.08. The molecule has 0 amide bonds. The van der Waals surface area contributed by atoms with Gasteiger partial charge in [0.25, 0.3) is 0 Å². The van der Waals surface area contributed by atoms with Gasteiger partial charge in [-0.3, -0.25) is 0 Å². The van der Waals surface area contributed by atoms with E-state index in [0.717, 1.165) is 34.0 Å². The number of anilines is 1. The molecule has 3 rings (SSSR count). The summed E-state index contributed by atoms with van der Waals surface area (Å²) < 4.78 is 5.55. The van der Waals surface area contributed by atoms with E-state index in [4.69, 9.17) is 9.73 Å². The topological polar surface area (TPSA) is 24.8 Å². The average molecular weight is 330 g/mol. The zero-order chi connectivity index (χ0) is 17.6. The molecule has 3 aromatic carbocycles. The van der Waals surface area contributed by atoms with Crippen molar-refractivity contribution in [3.8, 4) is 5.75 Å². The zero-order valence-electron chi connectivity index (χ0n) is 14.8. The van der Waals surface area contributed by atoms with Gasteiger partial charge >= 0.3 is 0 Å². The van der Waals surface area contributed by atoms with E-state index in [1.165, 1.54) is 0 Å². The number of nitrogens with zero attached hydrogens (tertiary/aromatic N) is 2. The van der Waals surface area contributed by atoms with Crippen molar-refractivity contribution in [3.63, 3.8) is 0 Å². The monoisotopic (exact) mass is 330 g/mol. The number of para-hydroxylation sites is 1. The largest absolute Gasteiger partial charge is 0.496 e. The predicted molar refractivity (Wildman–Crippen MR) is 106 cm³/mol. The summed E-state index contributed by atoms with van der Waals surface area (Å²) in [7, 11) is 5.75. The van der Waals surface area contributed by atoms with Crippen LogP contribution in [-0.2, 0) is 0 Å². The van der Waals surface area contributed by atoms with E-state index < -0.39 is 0 Å². The fraction of sp³-hybridized carbons (Fsp3) is 0.136. The van der Waals surface area contributed by atoms with Gasteiger partial charge in [-0.2, -0.15) is 0 Å². The summed E-state index contributed by atoms with van der Waals surface area (Å²) in [5, 5.41) is 0. The summed E-state index contributed by atoms with van der Waals surface area (Å²) in [4.78, 5) is 7.00. The third-order valence-corrected chi connectivity index (χ3v) is 4.02. The van der Waals surface area contributed by atoms with Crippen LogP contribution in [0.15, 0.2) is 83.9 Å². The average Bonchev–Trinajstić information content (AvgIpc) is 2.67. The van der Waals surface area contributed by atoms with E-state index in [9.17, 15) is 0 Å². The molecule has 0 saturated carbocycles. The highest BCUT2D eigenvalue weighted by Gasteiger charge is 2.12. The van der Waals surface area contributed by atoms with Crippen LogP contribution in [0.25, 0.3) is 0 Å². The number of hydrogen-bond donors (Lipinski definition) is 0. The Kier molecular flexibility index (Phi) is 5.14. The molecule has 0 aliphatic carbocycles. The second kappa shape index (κ2) is 7.67. The molecule has 3 aromatic rings. The van der Waals surface area contributed by atoms with Crippen LogP contribution in [0.3, 0.4) is 0 Å². The van der Waals surface area contributed by atoms with Crippen LogP contribution in [0.4, 0.5) is 11.4 Å². The Bertz CT molecular complexity index is 853. The third-order valence-electron chi connectivity index (χ3n) is 4.02. The van der Waals surface area contributed by atoms with Crippen LogP contribution in [0, 0.1) is 0 Å². The fourth-order valence-corrected chi connectivity index (χ4v) is 2.67. The molecule has 0 radical (unpaired) electrons. The van der Waals surface area contributed by atoms with Gasteiger partial charge in [0, 0.05) is 30.9 Å². The molecule has 3 nitrogen and oxygen atoms in total. The van der Waals surface area contributed by atoms with Gasteiger partial charge in [-0.1, -0.05) is 42.5 Å². The number of ether oxygens (including phenoxy) is 1. The van der Waals surface area contributed by atoms with Crippen molar-refractivity contribution in [2.75, 3.05) is 26.1 Å². The Hall–Kier alpha value is -3.07. The summed E-state index contributed by atoms with van der Waals surface area (Å²) in [5.41, 5.74) is 5.00. The first-order valence-corrected chi connectivity index (χ1v) is 8.24. The molecule has 0 spiro atoms. The molecule has 0 atom stereocenters. The molecule has 0 bridgehead atoms. The van der Waals surface area contributed by atoms with Crippen molar-refractivity contribution in [2.45, 2.75) is 0 Å². The first-order chi connectivity index (χ1) is 12.2. The van der Waals surface area contributed by atoms with Gasteiger partial charge in [0.05, 0.1) is 18.5 Å². The van der Waals surface area contributed by atoms with Gasteiger partial charge in [0.2, 0.25) is 0 Å². The quantitative estimate of drug-likeness (QED) is 0.620. The van der Waals surface area contributed by atoms with E-state index >= 15 is 0 Å². The second-order valence-electron chi connectivity index (χ2n) is 5.94. The minimum absolute atomic E-state index is 0.815. The number of methoxy groups -OCH3 is 1. The predicted octanol–water partition coefficient (Wildman–Crippen LogP) is 4.93. The zero-order valence-corrected chi connectivity index (χ0v) is 14.8. The molecule has 0 fully saturated rings. The van der Waals surface area contributed by atoms with Gasteiger partial charge in [-0.25, -0.2) is 4.99 Å². The lowest BCUT2D eigenvalue weighted by Gasteiger charge is -2.13. The van der Waals surface area contributed by atoms with Crippen molar-refractivity contribution in [2.24, 2.45) is 4.99 Å². The van der Waals surface area contributed by atoms with Crippen molar-refractivity contribution >= 4 is 17.1 Å². The van der Waals surface area contributed by atoms with Crippen molar-refractivity contribution in [1.82, 2.24) is 0 Å². The maximum atomic E-state index is 5.55. The fourth-order valence-electron chi connectivity index (χ4n) is 2.67. The van der Waals surface area contributed by atoms with Crippen LogP contribution in [0.1, 0.15) is 11.1 Å². The van der Waals surface area contributed by atoms with Crippen LogP contribution in [-0.4, -0.2) is 26.9 Å². The van der Waals surface area contributed by atoms with Gasteiger partial charge in [-0.05, 0) is 36.4 Å². The van der Waals surface area contributed by atoms with Gasteiger partial charge in [0.15, 0.2) is 0 Å². The van der Waals surface area contributed by atoms with Crippen molar-refractivity contribution < 1.29 is 4.74 Å². The van der Waals surface area contributed by atoms with Crippen LogP contribution >= 0.6 is 0 Å². The first kappa shape index (κ1) is 16.8. The van der Waals surface area contributed by atoms with Crippen LogP contribution in [0.5, 0.6) is 5.75 Å². The molecular formula is C22H22N2O. The molecule has 0 unspecified atom stereocenters. The molecule has 3 heteroatoms. The Labute approximate surface area is 149 Å². The molecule has 25 heavy (non-hydrogen) atoms. The molecule has 0 saturated heterocycles. The van der Waals surface area contributed by atoms with E-state index in [0.29, 0.717) is 0 Å². The number of benzene rings is 3. The maximum absolute atomic E-state index is 5.55. The number of rotatable bonds is 5. The molecule has 0 heterocycles. The van der Waals surface area contributed by atoms with Gasteiger partial charge in [-0.15, -0.1) is 0 Å². The standard InChI is InChI=1S/C22H22N2O/c1-24(2)19-15-13-18(14-16-19)23-22(17-9-5-4-6-10-17)20-11-7-8-12-21(20)25-3/h4-16H,1-3H3. The van der Waals surface area contributed by atoms with Crippen LogP contribution < -0.4 is 9.64 Å². The Balaban J connectivity index is 2.11. The van der Waals surface area contributed by atoms with Crippen molar-refractivity contribution in [1.29, 1.82) is 0 Å². The Morgan fingerprint density at radius 3 is 2.08 bits per heavy atom. The molecule has 0 N–H and O–H groups in total. The number of aliphatic imine (C=N–C) groups is 1. The Morgan fingerprint density at radius 2 is 1.44 bits per heavy atom. The van der Waals surface area contributed by atoms with Gasteiger partial charge in [0.1, 0.15) is 5.75 Å². The Morgan fingerprint density at radius 1 is 0.800 bits per heavy atom. The van der Waals surface area contributed by atoms with E-state index in [1.807, 2.05) is 68.7 Å². The summed E-state index contributed by atoms with van der Waals surface area (Å²) in [6.07, 6.45) is 0. The summed E-state index contributed by atoms with van der Waals surface area (Å²) in [6.45, 7) is 0. The molecule has 0 aliphatic rings. The molecule has 0 aliphatic heterocycles. The lowest BCUT2D eigenvalue weighted by molar-refractivity contribution is 0.414. The van der Waals surface area contributed by atoms with Crippen molar-refractivity contribution in [3.05, 3.63) is 90.0 Å².